The third-order valence-electron chi connectivity index (χ3n) is 2.32. The highest BCUT2D eigenvalue weighted by molar-refractivity contribution is 14.0. The summed E-state index contributed by atoms with van der Waals surface area (Å²) >= 11 is 5.73. The topological polar surface area (TPSA) is 84.5 Å². The Bertz CT molecular complexity index is 580. The molecule has 1 rings (SSSR count). The van der Waals surface area contributed by atoms with Crippen molar-refractivity contribution in [1.29, 1.82) is 0 Å². The molecule has 0 atom stereocenters. The first-order valence-corrected chi connectivity index (χ1v) is 8.20. The number of nitrogens with zero attached hydrogens (tertiary/aromatic N) is 1. The molecule has 1 aromatic carbocycles. The Hall–Kier alpha value is -0.540. The Kier molecular flexibility index (Phi) is 7.98. The molecule has 0 aromatic heterocycles. The first-order valence-electron chi connectivity index (χ1n) is 6.16. The van der Waals surface area contributed by atoms with Crippen molar-refractivity contribution in [3.8, 4) is 0 Å². The Labute approximate surface area is 148 Å². The van der Waals surface area contributed by atoms with Gasteiger partial charge < -0.3 is 11.1 Å². The fourth-order valence-corrected chi connectivity index (χ4v) is 2.71. The van der Waals surface area contributed by atoms with Gasteiger partial charge in [0.1, 0.15) is 0 Å². The lowest BCUT2D eigenvalue weighted by atomic mass is 10.1. The summed E-state index contributed by atoms with van der Waals surface area (Å²) in [6.07, 6.45) is 0. The van der Waals surface area contributed by atoms with Crippen molar-refractivity contribution in [3.05, 3.63) is 29.3 Å². The molecule has 3 N–H and O–H groups in total. The van der Waals surface area contributed by atoms with Crippen LogP contribution in [-0.2, 0) is 9.84 Å². The van der Waals surface area contributed by atoms with Gasteiger partial charge in [0.05, 0.1) is 17.2 Å². The van der Waals surface area contributed by atoms with Crippen LogP contribution in [0.5, 0.6) is 0 Å². The number of hydrogen-bond acceptors (Lipinski definition) is 3. The van der Waals surface area contributed by atoms with E-state index in [0.29, 0.717) is 5.02 Å². The Balaban J connectivity index is 0.00000400. The molecule has 0 saturated carbocycles. The molecule has 1 aromatic rings. The smallest absolute Gasteiger partial charge is 0.189 e. The minimum absolute atomic E-state index is 0. The Morgan fingerprint density at radius 2 is 1.81 bits per heavy atom. The molecule has 0 radical (unpaired) electrons. The van der Waals surface area contributed by atoms with E-state index in [1.807, 2.05) is 20.8 Å². The van der Waals surface area contributed by atoms with E-state index in [1.54, 1.807) is 12.1 Å². The highest BCUT2D eigenvalue weighted by Gasteiger charge is 2.14. The molecule has 120 valence electrons. The van der Waals surface area contributed by atoms with Gasteiger partial charge in [-0.1, -0.05) is 11.6 Å². The number of benzene rings is 1. The third kappa shape index (κ3) is 7.87. The lowest BCUT2D eigenvalue weighted by Gasteiger charge is -2.20. The molecule has 0 aliphatic rings. The average Bonchev–Trinajstić information content (AvgIpc) is 2.26. The van der Waals surface area contributed by atoms with Crippen LogP contribution >= 0.6 is 35.6 Å². The van der Waals surface area contributed by atoms with Crippen LogP contribution in [0, 0.1) is 0 Å². The number of nitrogens with two attached hydrogens (primary N) is 1. The molecule has 8 heteroatoms. The van der Waals surface area contributed by atoms with E-state index < -0.39 is 9.84 Å². The number of guanidine groups is 1. The van der Waals surface area contributed by atoms with Crippen molar-refractivity contribution in [3.63, 3.8) is 0 Å². The van der Waals surface area contributed by atoms with Crippen molar-refractivity contribution in [2.45, 2.75) is 31.2 Å². The lowest BCUT2D eigenvalue weighted by Crippen LogP contribution is -2.45. The molecular weight excluding hydrogens is 425 g/mol. The molecule has 5 nitrogen and oxygen atoms in total. The Morgan fingerprint density at radius 3 is 2.29 bits per heavy atom. The van der Waals surface area contributed by atoms with Crippen molar-refractivity contribution < 1.29 is 8.42 Å². The zero-order valence-electron chi connectivity index (χ0n) is 12.3. The van der Waals surface area contributed by atoms with Crippen LogP contribution in [0.4, 0.5) is 0 Å². The molecule has 0 fully saturated rings. The summed E-state index contributed by atoms with van der Waals surface area (Å²) in [5.41, 5.74) is 5.47. The number of aliphatic imine (C=N–C) groups is 1. The van der Waals surface area contributed by atoms with E-state index in [1.165, 1.54) is 12.1 Å². The fourth-order valence-electron chi connectivity index (χ4n) is 1.47. The number of hydrogen-bond donors (Lipinski definition) is 2. The van der Waals surface area contributed by atoms with Gasteiger partial charge in [0.2, 0.25) is 0 Å². The van der Waals surface area contributed by atoms with Crippen LogP contribution < -0.4 is 11.1 Å². The summed E-state index contributed by atoms with van der Waals surface area (Å²) in [4.78, 5) is 4.25. The van der Waals surface area contributed by atoms with E-state index in [9.17, 15) is 8.42 Å². The van der Waals surface area contributed by atoms with Crippen molar-refractivity contribution >= 4 is 51.4 Å². The quantitative estimate of drug-likeness (QED) is 0.423. The molecular formula is C13H21ClIN3O2S. The molecule has 0 saturated heterocycles. The standard InChI is InChI=1S/C13H20ClN3O2S.HI/c1-13(2,3)17-12(15)16-8-9-20(18,19)11-6-4-10(14)5-7-11;/h4-7H,8-9H2,1-3H3,(H3,15,16,17);1H. The average molecular weight is 446 g/mol. The number of rotatable bonds is 4. The second kappa shape index (κ2) is 8.19. The van der Waals surface area contributed by atoms with Crippen LogP contribution in [0.25, 0.3) is 0 Å². The maximum Gasteiger partial charge on any atom is 0.189 e. The minimum atomic E-state index is -3.37. The summed E-state index contributed by atoms with van der Waals surface area (Å²) in [5, 5.41) is 3.47. The summed E-state index contributed by atoms with van der Waals surface area (Å²) in [6.45, 7) is 5.94. The summed E-state index contributed by atoms with van der Waals surface area (Å²) in [5.74, 6) is 0.144. The minimum Gasteiger partial charge on any atom is -0.370 e. The van der Waals surface area contributed by atoms with E-state index in [-0.39, 0.29) is 52.7 Å². The molecule has 0 unspecified atom stereocenters. The molecule has 0 heterocycles. The molecule has 0 aliphatic heterocycles. The van der Waals surface area contributed by atoms with Crippen LogP contribution in [0.1, 0.15) is 20.8 Å². The molecule has 0 aliphatic carbocycles. The van der Waals surface area contributed by atoms with Crippen LogP contribution in [-0.4, -0.2) is 32.2 Å². The largest absolute Gasteiger partial charge is 0.370 e. The molecule has 0 amide bonds. The second-order valence-electron chi connectivity index (χ2n) is 5.41. The predicted molar refractivity (Wildman–Crippen MR) is 98.3 cm³/mol. The zero-order valence-corrected chi connectivity index (χ0v) is 16.2. The van der Waals surface area contributed by atoms with Crippen molar-refractivity contribution in [2.75, 3.05) is 12.3 Å². The van der Waals surface area contributed by atoms with Gasteiger partial charge in [-0.25, -0.2) is 8.42 Å². The van der Waals surface area contributed by atoms with Gasteiger partial charge in [0.15, 0.2) is 15.8 Å². The Morgan fingerprint density at radius 1 is 1.29 bits per heavy atom. The summed E-state index contributed by atoms with van der Waals surface area (Å²) in [7, 11) is -3.37. The summed E-state index contributed by atoms with van der Waals surface area (Å²) in [6, 6.07) is 6.07. The fraction of sp³-hybridized carbons (Fsp3) is 0.462. The lowest BCUT2D eigenvalue weighted by molar-refractivity contribution is 0.508. The van der Waals surface area contributed by atoms with E-state index >= 15 is 0 Å². The van der Waals surface area contributed by atoms with E-state index in [2.05, 4.69) is 10.3 Å². The number of halogens is 2. The van der Waals surface area contributed by atoms with Gasteiger partial charge in [0.25, 0.3) is 0 Å². The van der Waals surface area contributed by atoms with Crippen molar-refractivity contribution in [2.24, 2.45) is 10.7 Å². The normalized spacial score (nSPS) is 12.7. The van der Waals surface area contributed by atoms with Gasteiger partial charge >= 0.3 is 0 Å². The summed E-state index contributed by atoms with van der Waals surface area (Å²) < 4.78 is 24.1. The molecule has 21 heavy (non-hydrogen) atoms. The number of sulfone groups is 1. The highest BCUT2D eigenvalue weighted by atomic mass is 127. The van der Waals surface area contributed by atoms with Gasteiger partial charge in [-0.05, 0) is 45.0 Å². The van der Waals surface area contributed by atoms with Crippen LogP contribution in [0.3, 0.4) is 0 Å². The molecule has 0 spiro atoms. The van der Waals surface area contributed by atoms with E-state index in [4.69, 9.17) is 17.3 Å². The first-order chi connectivity index (χ1) is 9.10. The number of nitrogens with one attached hydrogen (secondary N) is 1. The van der Waals surface area contributed by atoms with Gasteiger partial charge in [-0.15, -0.1) is 24.0 Å². The van der Waals surface area contributed by atoms with Gasteiger partial charge in [0, 0.05) is 10.6 Å². The predicted octanol–water partition coefficient (Wildman–Crippen LogP) is 2.43. The monoisotopic (exact) mass is 445 g/mol. The maximum absolute atomic E-state index is 12.0. The molecule has 0 bridgehead atoms. The first kappa shape index (κ1) is 20.5. The zero-order chi connectivity index (χ0) is 15.4. The maximum atomic E-state index is 12.0. The highest BCUT2D eigenvalue weighted by Crippen LogP contribution is 2.15. The second-order valence-corrected chi connectivity index (χ2v) is 7.96. The van der Waals surface area contributed by atoms with Crippen LogP contribution in [0.15, 0.2) is 34.2 Å². The third-order valence-corrected chi connectivity index (χ3v) is 4.28. The van der Waals surface area contributed by atoms with E-state index in [0.717, 1.165) is 0 Å². The van der Waals surface area contributed by atoms with Gasteiger partial charge in [-0.3, -0.25) is 4.99 Å². The van der Waals surface area contributed by atoms with Crippen LogP contribution in [0.2, 0.25) is 5.02 Å². The van der Waals surface area contributed by atoms with Gasteiger partial charge in [-0.2, -0.15) is 0 Å². The van der Waals surface area contributed by atoms with Crippen molar-refractivity contribution in [1.82, 2.24) is 5.32 Å². The SMILES string of the molecule is CC(C)(C)NC(N)=NCCS(=O)(=O)c1ccc(Cl)cc1.I.